The predicted octanol–water partition coefficient (Wildman–Crippen LogP) is 0.646. The standard InChI is InChI=1S/C11H14BrNO4S/c1-2-3-10(11(14)15)13-18(16,17)9-6-4-8(12)5-7-9/h4-7,10,13H,2-3H2,1H3,(H,14,15)/p-1/t10-/m0/s1. The largest absolute Gasteiger partial charge is 0.548 e. The second kappa shape index (κ2) is 6.31. The number of rotatable bonds is 6. The highest BCUT2D eigenvalue weighted by Crippen LogP contribution is 2.15. The van der Waals surface area contributed by atoms with Gasteiger partial charge in [-0.25, -0.2) is 13.1 Å². The maximum absolute atomic E-state index is 11.9. The second-order valence-electron chi connectivity index (χ2n) is 3.74. The summed E-state index contributed by atoms with van der Waals surface area (Å²) in [6.07, 6.45) is 0.736. The van der Waals surface area contributed by atoms with E-state index in [-0.39, 0.29) is 11.3 Å². The molecule has 18 heavy (non-hydrogen) atoms. The van der Waals surface area contributed by atoms with Gasteiger partial charge in [0.15, 0.2) is 0 Å². The van der Waals surface area contributed by atoms with Crippen molar-refractivity contribution in [3.05, 3.63) is 28.7 Å². The molecule has 1 aromatic carbocycles. The van der Waals surface area contributed by atoms with E-state index in [1.807, 2.05) is 0 Å². The van der Waals surface area contributed by atoms with Crippen LogP contribution in [-0.4, -0.2) is 20.4 Å². The molecule has 0 aliphatic rings. The summed E-state index contributed by atoms with van der Waals surface area (Å²) in [5.41, 5.74) is 0. The quantitative estimate of drug-likeness (QED) is 0.827. The Morgan fingerprint density at radius 3 is 2.39 bits per heavy atom. The fourth-order valence-electron chi connectivity index (χ4n) is 1.38. The van der Waals surface area contributed by atoms with E-state index in [9.17, 15) is 18.3 Å². The molecule has 0 spiro atoms. The molecule has 1 rings (SSSR count). The number of benzene rings is 1. The van der Waals surface area contributed by atoms with E-state index < -0.39 is 22.0 Å². The summed E-state index contributed by atoms with van der Waals surface area (Å²) in [6, 6.07) is 4.73. The fraction of sp³-hybridized carbons (Fsp3) is 0.364. The molecule has 0 aromatic heterocycles. The number of carboxylic acid groups (broad SMARTS) is 1. The summed E-state index contributed by atoms with van der Waals surface area (Å²) in [4.78, 5) is 10.8. The number of carbonyl (C=O) groups excluding carboxylic acids is 1. The van der Waals surface area contributed by atoms with Crippen LogP contribution in [0.5, 0.6) is 0 Å². The minimum Gasteiger partial charge on any atom is -0.548 e. The van der Waals surface area contributed by atoms with Crippen LogP contribution in [0.4, 0.5) is 0 Å². The Bertz CT molecular complexity index is 512. The van der Waals surface area contributed by atoms with Gasteiger partial charge in [-0.05, 0) is 30.7 Å². The highest BCUT2D eigenvalue weighted by atomic mass is 79.9. The van der Waals surface area contributed by atoms with Crippen LogP contribution in [0.1, 0.15) is 19.8 Å². The summed E-state index contributed by atoms with van der Waals surface area (Å²) in [5.74, 6) is -1.42. The van der Waals surface area contributed by atoms with Crippen molar-refractivity contribution in [2.75, 3.05) is 0 Å². The summed E-state index contributed by atoms with van der Waals surface area (Å²) < 4.78 is 26.7. The van der Waals surface area contributed by atoms with E-state index in [0.29, 0.717) is 6.42 Å². The van der Waals surface area contributed by atoms with Gasteiger partial charge < -0.3 is 9.90 Å². The average molecular weight is 335 g/mol. The number of hydrogen-bond acceptors (Lipinski definition) is 4. The molecule has 1 atom stereocenters. The van der Waals surface area contributed by atoms with Crippen LogP contribution in [0.25, 0.3) is 0 Å². The van der Waals surface area contributed by atoms with E-state index in [0.717, 1.165) is 4.47 Å². The van der Waals surface area contributed by atoms with Crippen LogP contribution in [0.3, 0.4) is 0 Å². The number of carboxylic acids is 1. The molecule has 5 nitrogen and oxygen atoms in total. The Morgan fingerprint density at radius 1 is 1.39 bits per heavy atom. The average Bonchev–Trinajstić information content (AvgIpc) is 2.28. The zero-order valence-corrected chi connectivity index (χ0v) is 12.1. The van der Waals surface area contributed by atoms with Crippen LogP contribution < -0.4 is 9.83 Å². The van der Waals surface area contributed by atoms with Gasteiger partial charge in [0.05, 0.1) is 16.9 Å². The monoisotopic (exact) mass is 334 g/mol. The van der Waals surface area contributed by atoms with E-state index in [1.165, 1.54) is 12.1 Å². The molecule has 0 amide bonds. The van der Waals surface area contributed by atoms with Crippen molar-refractivity contribution >= 4 is 31.9 Å². The molecule has 0 fully saturated rings. The highest BCUT2D eigenvalue weighted by molar-refractivity contribution is 9.10. The third-order valence-electron chi connectivity index (χ3n) is 2.28. The molecular weight excluding hydrogens is 322 g/mol. The van der Waals surface area contributed by atoms with Crippen molar-refractivity contribution in [2.45, 2.75) is 30.7 Å². The molecule has 0 unspecified atom stereocenters. The summed E-state index contributed by atoms with van der Waals surface area (Å²) >= 11 is 3.19. The van der Waals surface area contributed by atoms with E-state index in [2.05, 4.69) is 20.7 Å². The zero-order valence-electron chi connectivity index (χ0n) is 9.72. The summed E-state index contributed by atoms with van der Waals surface area (Å²) in [5, 5.41) is 10.8. The lowest BCUT2D eigenvalue weighted by atomic mass is 10.2. The molecule has 0 saturated heterocycles. The first-order valence-corrected chi connectivity index (χ1v) is 7.63. The van der Waals surface area contributed by atoms with Crippen molar-refractivity contribution in [2.24, 2.45) is 0 Å². The predicted molar refractivity (Wildman–Crippen MR) is 68.2 cm³/mol. The molecular formula is C11H13BrNO4S-. The topological polar surface area (TPSA) is 86.3 Å². The highest BCUT2D eigenvalue weighted by Gasteiger charge is 2.20. The Hall–Kier alpha value is -0.920. The van der Waals surface area contributed by atoms with Gasteiger partial charge in [0.1, 0.15) is 0 Å². The number of halogens is 1. The van der Waals surface area contributed by atoms with Gasteiger partial charge in [-0.1, -0.05) is 29.3 Å². The van der Waals surface area contributed by atoms with Gasteiger partial charge in [-0.3, -0.25) is 0 Å². The molecule has 1 N–H and O–H groups in total. The molecule has 0 heterocycles. The van der Waals surface area contributed by atoms with Gasteiger partial charge in [0.25, 0.3) is 0 Å². The lowest BCUT2D eigenvalue weighted by Crippen LogP contribution is -2.47. The van der Waals surface area contributed by atoms with E-state index in [1.54, 1.807) is 19.1 Å². The van der Waals surface area contributed by atoms with Gasteiger partial charge in [-0.2, -0.15) is 0 Å². The number of sulfonamides is 1. The SMILES string of the molecule is CCC[C@H](NS(=O)(=O)c1ccc(Br)cc1)C(=O)[O-]. The van der Waals surface area contributed by atoms with Crippen molar-refractivity contribution in [3.63, 3.8) is 0 Å². The molecule has 0 aliphatic heterocycles. The fourth-order valence-corrected chi connectivity index (χ4v) is 2.87. The van der Waals surface area contributed by atoms with Crippen LogP contribution in [0, 0.1) is 0 Å². The third-order valence-corrected chi connectivity index (χ3v) is 4.30. The number of hydrogen-bond donors (Lipinski definition) is 1. The maximum atomic E-state index is 11.9. The molecule has 7 heteroatoms. The minimum atomic E-state index is -3.84. The Kier molecular flexibility index (Phi) is 5.30. The summed E-state index contributed by atoms with van der Waals surface area (Å²) in [7, 11) is -3.84. The van der Waals surface area contributed by atoms with Crippen molar-refractivity contribution < 1.29 is 18.3 Å². The molecule has 100 valence electrons. The molecule has 0 saturated carbocycles. The number of carbonyl (C=O) groups is 1. The maximum Gasteiger partial charge on any atom is 0.241 e. The lowest BCUT2D eigenvalue weighted by molar-refractivity contribution is -0.308. The number of aliphatic carboxylic acids is 1. The first-order valence-electron chi connectivity index (χ1n) is 5.35. The number of nitrogens with one attached hydrogen (secondary N) is 1. The second-order valence-corrected chi connectivity index (χ2v) is 6.37. The smallest absolute Gasteiger partial charge is 0.241 e. The molecule has 1 aromatic rings. The van der Waals surface area contributed by atoms with Crippen LogP contribution >= 0.6 is 15.9 Å². The minimum absolute atomic E-state index is 0.0213. The van der Waals surface area contributed by atoms with Gasteiger partial charge in [0.2, 0.25) is 10.0 Å². The normalized spacial score (nSPS) is 13.2. The van der Waals surface area contributed by atoms with Gasteiger partial charge >= 0.3 is 0 Å². The van der Waals surface area contributed by atoms with E-state index in [4.69, 9.17) is 0 Å². The Balaban J connectivity index is 2.93. The van der Waals surface area contributed by atoms with E-state index >= 15 is 0 Å². The van der Waals surface area contributed by atoms with Crippen LogP contribution in [-0.2, 0) is 14.8 Å². The first kappa shape index (κ1) is 15.1. The third kappa shape index (κ3) is 4.08. The lowest BCUT2D eigenvalue weighted by Gasteiger charge is -2.18. The molecule has 0 aliphatic carbocycles. The van der Waals surface area contributed by atoms with Crippen molar-refractivity contribution in [1.82, 2.24) is 4.72 Å². The van der Waals surface area contributed by atoms with Gasteiger partial charge in [-0.15, -0.1) is 0 Å². The Labute approximate surface area is 114 Å². The molecule has 0 radical (unpaired) electrons. The van der Waals surface area contributed by atoms with Crippen LogP contribution in [0.15, 0.2) is 33.6 Å². The van der Waals surface area contributed by atoms with Crippen molar-refractivity contribution in [3.8, 4) is 0 Å². The summed E-state index contributed by atoms with van der Waals surface area (Å²) in [6.45, 7) is 1.77. The zero-order chi connectivity index (χ0) is 13.8. The Morgan fingerprint density at radius 2 is 1.94 bits per heavy atom. The van der Waals surface area contributed by atoms with Gasteiger partial charge in [0, 0.05) is 4.47 Å². The first-order chi connectivity index (χ1) is 8.36. The van der Waals surface area contributed by atoms with Crippen molar-refractivity contribution in [1.29, 1.82) is 0 Å². The molecule has 0 bridgehead atoms. The van der Waals surface area contributed by atoms with Crippen LogP contribution in [0.2, 0.25) is 0 Å².